The van der Waals surface area contributed by atoms with Crippen LogP contribution in [0.5, 0.6) is 5.75 Å². The molecule has 0 saturated carbocycles. The molecule has 0 aliphatic heterocycles. The first-order chi connectivity index (χ1) is 7.54. The highest BCUT2D eigenvalue weighted by Crippen LogP contribution is 2.27. The Morgan fingerprint density at radius 2 is 2.19 bits per heavy atom. The van der Waals surface area contributed by atoms with Crippen molar-refractivity contribution < 1.29 is 9.84 Å². The van der Waals surface area contributed by atoms with Crippen molar-refractivity contribution in [2.75, 3.05) is 6.61 Å². The van der Waals surface area contributed by atoms with Crippen molar-refractivity contribution in [3.63, 3.8) is 0 Å². The quantitative estimate of drug-likeness (QED) is 0.874. The van der Waals surface area contributed by atoms with Crippen LogP contribution < -0.4 is 10.5 Å². The van der Waals surface area contributed by atoms with Gasteiger partial charge in [0.15, 0.2) is 0 Å². The molecule has 0 aliphatic carbocycles. The zero-order valence-corrected chi connectivity index (χ0v) is 11.3. The number of halogens is 1. The molecule has 0 fully saturated rings. The van der Waals surface area contributed by atoms with E-state index in [2.05, 4.69) is 15.9 Å². The van der Waals surface area contributed by atoms with Crippen LogP contribution >= 0.6 is 15.9 Å². The van der Waals surface area contributed by atoms with Gasteiger partial charge >= 0.3 is 0 Å². The molecule has 0 amide bonds. The molecule has 1 atom stereocenters. The Morgan fingerprint density at radius 1 is 1.50 bits per heavy atom. The smallest absolute Gasteiger partial charge is 0.126 e. The number of hydrogen-bond acceptors (Lipinski definition) is 3. The van der Waals surface area contributed by atoms with E-state index >= 15 is 0 Å². The van der Waals surface area contributed by atoms with Crippen LogP contribution in [0.2, 0.25) is 0 Å². The van der Waals surface area contributed by atoms with Gasteiger partial charge in [-0.3, -0.25) is 0 Å². The molecule has 0 aromatic heterocycles. The summed E-state index contributed by atoms with van der Waals surface area (Å²) < 4.78 is 6.67. The van der Waals surface area contributed by atoms with Crippen LogP contribution in [0.15, 0.2) is 16.6 Å². The van der Waals surface area contributed by atoms with Crippen LogP contribution in [0.3, 0.4) is 0 Å². The number of rotatable bonds is 5. The highest BCUT2D eigenvalue weighted by molar-refractivity contribution is 9.10. The van der Waals surface area contributed by atoms with Gasteiger partial charge in [-0.2, -0.15) is 0 Å². The average molecular weight is 288 g/mol. The Labute approximate surface area is 105 Å². The maximum absolute atomic E-state index is 9.16. The SMILES string of the molecule is Cc1cc(Br)cc(CN)c1OCCC(C)O. The van der Waals surface area contributed by atoms with Crippen molar-refractivity contribution in [2.24, 2.45) is 5.73 Å². The van der Waals surface area contributed by atoms with Crippen LogP contribution in [0.4, 0.5) is 0 Å². The molecule has 4 heteroatoms. The monoisotopic (exact) mass is 287 g/mol. The van der Waals surface area contributed by atoms with Gasteiger partial charge < -0.3 is 15.6 Å². The first-order valence-electron chi connectivity index (χ1n) is 5.34. The van der Waals surface area contributed by atoms with Crippen molar-refractivity contribution in [1.29, 1.82) is 0 Å². The lowest BCUT2D eigenvalue weighted by Gasteiger charge is -2.14. The summed E-state index contributed by atoms with van der Waals surface area (Å²) in [6.07, 6.45) is 0.288. The highest BCUT2D eigenvalue weighted by atomic mass is 79.9. The fraction of sp³-hybridized carbons (Fsp3) is 0.500. The first kappa shape index (κ1) is 13.5. The standard InChI is InChI=1S/C12H18BrNO2/c1-8-5-11(13)6-10(7-14)12(8)16-4-3-9(2)15/h5-6,9,15H,3-4,7,14H2,1-2H3. The van der Waals surface area contributed by atoms with Gasteiger partial charge in [0.2, 0.25) is 0 Å². The third kappa shape index (κ3) is 3.77. The molecule has 1 unspecified atom stereocenters. The molecule has 1 rings (SSSR count). The van der Waals surface area contributed by atoms with E-state index in [-0.39, 0.29) is 6.10 Å². The van der Waals surface area contributed by atoms with Gasteiger partial charge in [0.1, 0.15) is 5.75 Å². The second-order valence-corrected chi connectivity index (χ2v) is 4.82. The fourth-order valence-corrected chi connectivity index (χ4v) is 2.11. The molecule has 0 radical (unpaired) electrons. The number of aryl methyl sites for hydroxylation is 1. The fourth-order valence-electron chi connectivity index (χ4n) is 1.49. The van der Waals surface area contributed by atoms with E-state index in [9.17, 15) is 0 Å². The maximum Gasteiger partial charge on any atom is 0.126 e. The summed E-state index contributed by atoms with van der Waals surface area (Å²) in [5, 5.41) is 9.16. The van der Waals surface area contributed by atoms with E-state index in [4.69, 9.17) is 15.6 Å². The maximum atomic E-state index is 9.16. The molecule has 0 heterocycles. The Bertz CT molecular complexity index is 353. The predicted molar refractivity (Wildman–Crippen MR) is 68.6 cm³/mol. The molecule has 1 aromatic carbocycles. The third-order valence-electron chi connectivity index (χ3n) is 2.32. The lowest BCUT2D eigenvalue weighted by atomic mass is 10.1. The van der Waals surface area contributed by atoms with Gasteiger partial charge in [-0.25, -0.2) is 0 Å². The number of aliphatic hydroxyl groups excluding tert-OH is 1. The van der Waals surface area contributed by atoms with Crippen molar-refractivity contribution in [3.8, 4) is 5.75 Å². The number of ether oxygens (including phenoxy) is 1. The van der Waals surface area contributed by atoms with Crippen LogP contribution in [-0.4, -0.2) is 17.8 Å². The van der Waals surface area contributed by atoms with E-state index in [0.717, 1.165) is 21.3 Å². The molecule has 3 nitrogen and oxygen atoms in total. The van der Waals surface area contributed by atoms with E-state index < -0.39 is 0 Å². The second kappa shape index (κ2) is 6.23. The minimum Gasteiger partial charge on any atom is -0.493 e. The molecule has 90 valence electrons. The van der Waals surface area contributed by atoms with Gasteiger partial charge in [-0.15, -0.1) is 0 Å². The molecule has 0 spiro atoms. The normalized spacial score (nSPS) is 12.6. The summed E-state index contributed by atoms with van der Waals surface area (Å²) in [7, 11) is 0. The topological polar surface area (TPSA) is 55.5 Å². The summed E-state index contributed by atoms with van der Waals surface area (Å²) in [5.41, 5.74) is 7.71. The van der Waals surface area contributed by atoms with E-state index in [1.807, 2.05) is 19.1 Å². The average Bonchev–Trinajstić information content (AvgIpc) is 2.20. The Morgan fingerprint density at radius 3 is 2.75 bits per heavy atom. The summed E-state index contributed by atoms with van der Waals surface area (Å²) in [6.45, 7) is 4.70. The largest absolute Gasteiger partial charge is 0.493 e. The van der Waals surface area contributed by atoms with Crippen molar-refractivity contribution in [3.05, 3.63) is 27.7 Å². The van der Waals surface area contributed by atoms with Gasteiger partial charge in [0, 0.05) is 23.0 Å². The zero-order valence-electron chi connectivity index (χ0n) is 9.66. The van der Waals surface area contributed by atoms with Crippen LogP contribution in [0.25, 0.3) is 0 Å². The summed E-state index contributed by atoms with van der Waals surface area (Å²) in [4.78, 5) is 0. The molecule has 16 heavy (non-hydrogen) atoms. The van der Waals surface area contributed by atoms with Gasteiger partial charge in [-0.05, 0) is 31.5 Å². The molecule has 1 aromatic rings. The zero-order chi connectivity index (χ0) is 12.1. The molecule has 0 aliphatic rings. The van der Waals surface area contributed by atoms with E-state index in [1.165, 1.54) is 0 Å². The van der Waals surface area contributed by atoms with Crippen molar-refractivity contribution in [2.45, 2.75) is 32.9 Å². The summed E-state index contributed by atoms with van der Waals surface area (Å²) in [6, 6.07) is 3.96. The molecular formula is C12H18BrNO2. The number of hydrogen-bond donors (Lipinski definition) is 2. The Balaban J connectivity index is 2.77. The summed E-state index contributed by atoms with van der Waals surface area (Å²) >= 11 is 3.43. The molecule has 0 bridgehead atoms. The van der Waals surface area contributed by atoms with E-state index in [0.29, 0.717) is 19.6 Å². The minimum absolute atomic E-state index is 0.336. The van der Waals surface area contributed by atoms with Crippen molar-refractivity contribution >= 4 is 15.9 Å². The predicted octanol–water partition coefficient (Wildman–Crippen LogP) is 2.37. The summed E-state index contributed by atoms with van der Waals surface area (Å²) in [5.74, 6) is 0.839. The molecular weight excluding hydrogens is 270 g/mol. The van der Waals surface area contributed by atoms with Gasteiger partial charge in [0.25, 0.3) is 0 Å². The lowest BCUT2D eigenvalue weighted by molar-refractivity contribution is 0.155. The Hall–Kier alpha value is -0.580. The van der Waals surface area contributed by atoms with Gasteiger partial charge in [0.05, 0.1) is 12.7 Å². The van der Waals surface area contributed by atoms with Crippen LogP contribution in [-0.2, 0) is 6.54 Å². The van der Waals surface area contributed by atoms with Crippen LogP contribution in [0, 0.1) is 6.92 Å². The third-order valence-corrected chi connectivity index (χ3v) is 2.78. The molecule has 0 saturated heterocycles. The van der Waals surface area contributed by atoms with Crippen molar-refractivity contribution in [1.82, 2.24) is 0 Å². The lowest BCUT2D eigenvalue weighted by Crippen LogP contribution is -2.10. The van der Waals surface area contributed by atoms with Gasteiger partial charge in [-0.1, -0.05) is 15.9 Å². The van der Waals surface area contributed by atoms with Crippen LogP contribution in [0.1, 0.15) is 24.5 Å². The number of benzene rings is 1. The minimum atomic E-state index is -0.336. The second-order valence-electron chi connectivity index (χ2n) is 3.90. The highest BCUT2D eigenvalue weighted by Gasteiger charge is 2.08. The Kier molecular flexibility index (Phi) is 5.25. The first-order valence-corrected chi connectivity index (χ1v) is 6.14. The van der Waals surface area contributed by atoms with E-state index in [1.54, 1.807) is 6.92 Å². The number of nitrogens with two attached hydrogens (primary N) is 1. The molecule has 3 N–H and O–H groups in total. The number of aliphatic hydroxyl groups is 1.